The molecule has 0 saturated carbocycles. The quantitative estimate of drug-likeness (QED) is 0.404. The van der Waals surface area contributed by atoms with E-state index in [0.717, 1.165) is 16.8 Å². The number of halogens is 1. The SMILES string of the molecule is CN(Cc1ccc(F)cc1)C(=O)COC(=O)c1nc(-c2ccccc2)n(-c2ccccc2)n1. The van der Waals surface area contributed by atoms with Gasteiger partial charge < -0.3 is 9.64 Å². The highest BCUT2D eigenvalue weighted by Crippen LogP contribution is 2.21. The third kappa shape index (κ3) is 5.30. The third-order valence-electron chi connectivity index (χ3n) is 4.91. The molecule has 4 rings (SSSR count). The summed E-state index contributed by atoms with van der Waals surface area (Å²) in [4.78, 5) is 30.8. The maximum Gasteiger partial charge on any atom is 0.378 e. The van der Waals surface area contributed by atoms with Crippen molar-refractivity contribution < 1.29 is 18.7 Å². The molecule has 0 atom stereocenters. The van der Waals surface area contributed by atoms with Crippen molar-refractivity contribution in [1.29, 1.82) is 0 Å². The molecule has 3 aromatic carbocycles. The van der Waals surface area contributed by atoms with Crippen LogP contribution in [-0.4, -0.2) is 45.2 Å². The molecule has 33 heavy (non-hydrogen) atoms. The van der Waals surface area contributed by atoms with Crippen LogP contribution in [0.4, 0.5) is 4.39 Å². The first-order chi connectivity index (χ1) is 16.0. The lowest BCUT2D eigenvalue weighted by Crippen LogP contribution is -2.31. The first-order valence-electron chi connectivity index (χ1n) is 10.2. The molecular weight excluding hydrogens is 423 g/mol. The van der Waals surface area contributed by atoms with Crippen LogP contribution in [0.15, 0.2) is 84.9 Å². The fourth-order valence-electron chi connectivity index (χ4n) is 3.18. The van der Waals surface area contributed by atoms with Crippen LogP contribution >= 0.6 is 0 Å². The summed E-state index contributed by atoms with van der Waals surface area (Å²) in [5, 5.41) is 4.33. The Balaban J connectivity index is 1.47. The van der Waals surface area contributed by atoms with E-state index in [0.29, 0.717) is 5.82 Å². The zero-order valence-electron chi connectivity index (χ0n) is 17.9. The standard InChI is InChI=1S/C25H21FN4O3/c1-29(16-18-12-14-20(26)15-13-18)22(31)17-33-25(32)23-27-24(19-8-4-2-5-9-19)30(28-23)21-10-6-3-7-11-21/h2-15H,16-17H2,1H3. The Hall–Kier alpha value is -4.33. The van der Waals surface area contributed by atoms with E-state index >= 15 is 0 Å². The number of hydrogen-bond acceptors (Lipinski definition) is 5. The average Bonchev–Trinajstić information content (AvgIpc) is 3.30. The molecule has 7 nitrogen and oxygen atoms in total. The molecule has 0 fully saturated rings. The van der Waals surface area contributed by atoms with E-state index in [1.54, 1.807) is 23.9 Å². The molecule has 1 heterocycles. The number of carbonyl (C=O) groups excluding carboxylic acids is 2. The van der Waals surface area contributed by atoms with Crippen LogP contribution in [0.2, 0.25) is 0 Å². The van der Waals surface area contributed by atoms with Crippen molar-refractivity contribution >= 4 is 11.9 Å². The van der Waals surface area contributed by atoms with Gasteiger partial charge in [-0.3, -0.25) is 4.79 Å². The van der Waals surface area contributed by atoms with Gasteiger partial charge in [-0.2, -0.15) is 0 Å². The molecule has 0 bridgehead atoms. The number of nitrogens with zero attached hydrogens (tertiary/aromatic N) is 4. The van der Waals surface area contributed by atoms with Crippen LogP contribution in [0.5, 0.6) is 0 Å². The monoisotopic (exact) mass is 444 g/mol. The van der Waals surface area contributed by atoms with Crippen LogP contribution in [-0.2, 0) is 16.1 Å². The largest absolute Gasteiger partial charge is 0.450 e. The number of likely N-dealkylation sites (N-methyl/N-ethyl adjacent to an activating group) is 1. The molecule has 1 amide bonds. The van der Waals surface area contributed by atoms with Crippen LogP contribution in [0, 0.1) is 5.82 Å². The number of rotatable bonds is 7. The van der Waals surface area contributed by atoms with E-state index < -0.39 is 18.5 Å². The van der Waals surface area contributed by atoms with Gasteiger partial charge in [0, 0.05) is 19.2 Å². The summed E-state index contributed by atoms with van der Waals surface area (Å²) in [7, 11) is 1.58. The lowest BCUT2D eigenvalue weighted by atomic mass is 10.2. The zero-order chi connectivity index (χ0) is 23.2. The minimum absolute atomic E-state index is 0.147. The van der Waals surface area contributed by atoms with Crippen LogP contribution in [0.1, 0.15) is 16.2 Å². The number of esters is 1. The van der Waals surface area contributed by atoms with Gasteiger partial charge in [0.15, 0.2) is 12.4 Å². The van der Waals surface area contributed by atoms with Gasteiger partial charge in [-0.05, 0) is 29.8 Å². The van der Waals surface area contributed by atoms with E-state index in [1.807, 2.05) is 60.7 Å². The summed E-state index contributed by atoms with van der Waals surface area (Å²) in [5.74, 6) is -1.22. The third-order valence-corrected chi connectivity index (χ3v) is 4.91. The lowest BCUT2D eigenvalue weighted by molar-refractivity contribution is -0.133. The predicted octanol–water partition coefficient (Wildman–Crippen LogP) is 3.89. The summed E-state index contributed by atoms with van der Waals surface area (Å²) in [6.07, 6.45) is 0. The van der Waals surface area contributed by atoms with Gasteiger partial charge >= 0.3 is 5.97 Å². The molecule has 0 aliphatic carbocycles. The average molecular weight is 444 g/mol. The second-order valence-corrected chi connectivity index (χ2v) is 7.32. The Morgan fingerprint density at radius 1 is 0.939 bits per heavy atom. The number of ether oxygens (including phenoxy) is 1. The number of para-hydroxylation sites is 1. The minimum Gasteiger partial charge on any atom is -0.450 e. The number of amides is 1. The fourth-order valence-corrected chi connectivity index (χ4v) is 3.18. The van der Waals surface area contributed by atoms with Gasteiger partial charge in [0.1, 0.15) is 5.82 Å². The molecule has 4 aromatic rings. The first kappa shape index (κ1) is 21.9. The van der Waals surface area contributed by atoms with Crippen molar-refractivity contribution in [2.75, 3.05) is 13.7 Å². The molecular formula is C25H21FN4O3. The van der Waals surface area contributed by atoms with Gasteiger partial charge in [0.05, 0.1) is 5.69 Å². The minimum atomic E-state index is -0.801. The first-order valence-corrected chi connectivity index (χ1v) is 10.2. The van der Waals surface area contributed by atoms with E-state index in [-0.39, 0.29) is 18.2 Å². The molecule has 0 spiro atoms. The number of benzene rings is 3. The van der Waals surface area contributed by atoms with E-state index in [2.05, 4.69) is 10.1 Å². The molecule has 1 aromatic heterocycles. The highest BCUT2D eigenvalue weighted by Gasteiger charge is 2.21. The van der Waals surface area contributed by atoms with E-state index in [1.165, 1.54) is 17.0 Å². The maximum absolute atomic E-state index is 13.0. The second-order valence-electron chi connectivity index (χ2n) is 7.32. The molecule has 0 N–H and O–H groups in total. The van der Waals surface area contributed by atoms with Gasteiger partial charge in [-0.15, -0.1) is 5.10 Å². The maximum atomic E-state index is 13.0. The topological polar surface area (TPSA) is 77.3 Å². The summed E-state index contributed by atoms with van der Waals surface area (Å²) in [6, 6.07) is 24.5. The lowest BCUT2D eigenvalue weighted by Gasteiger charge is -2.16. The number of aromatic nitrogens is 3. The fraction of sp³-hybridized carbons (Fsp3) is 0.120. The molecule has 0 unspecified atom stereocenters. The highest BCUT2D eigenvalue weighted by atomic mass is 19.1. The highest BCUT2D eigenvalue weighted by molar-refractivity contribution is 5.88. The Kier molecular flexibility index (Phi) is 6.54. The van der Waals surface area contributed by atoms with E-state index in [4.69, 9.17) is 4.74 Å². The summed E-state index contributed by atoms with van der Waals surface area (Å²) in [5.41, 5.74) is 2.27. The molecule has 0 saturated heterocycles. The smallest absolute Gasteiger partial charge is 0.378 e. The Morgan fingerprint density at radius 3 is 2.24 bits per heavy atom. The van der Waals surface area contributed by atoms with Crippen LogP contribution < -0.4 is 0 Å². The Morgan fingerprint density at radius 2 is 1.58 bits per heavy atom. The van der Waals surface area contributed by atoms with Crippen molar-refractivity contribution in [2.24, 2.45) is 0 Å². The van der Waals surface area contributed by atoms with Gasteiger partial charge in [-0.1, -0.05) is 60.7 Å². The number of carbonyl (C=O) groups is 2. The van der Waals surface area contributed by atoms with Gasteiger partial charge in [0.2, 0.25) is 0 Å². The molecule has 0 radical (unpaired) electrons. The Bertz CT molecular complexity index is 1180. The van der Waals surface area contributed by atoms with Gasteiger partial charge in [0.25, 0.3) is 11.7 Å². The molecule has 0 aliphatic heterocycles. The normalized spacial score (nSPS) is 10.6. The molecule has 166 valence electrons. The van der Waals surface area contributed by atoms with Gasteiger partial charge in [-0.25, -0.2) is 18.9 Å². The summed E-state index contributed by atoms with van der Waals surface area (Å²) < 4.78 is 19.8. The number of hydrogen-bond donors (Lipinski definition) is 0. The van der Waals surface area contributed by atoms with Crippen LogP contribution in [0.25, 0.3) is 17.1 Å². The second kappa shape index (κ2) is 9.86. The predicted molar refractivity (Wildman–Crippen MR) is 120 cm³/mol. The van der Waals surface area contributed by atoms with Crippen molar-refractivity contribution in [3.63, 3.8) is 0 Å². The summed E-state index contributed by atoms with van der Waals surface area (Å²) in [6.45, 7) is -0.202. The van der Waals surface area contributed by atoms with Crippen LogP contribution in [0.3, 0.4) is 0 Å². The van der Waals surface area contributed by atoms with E-state index in [9.17, 15) is 14.0 Å². The molecule has 0 aliphatic rings. The van der Waals surface area contributed by atoms with Crippen molar-refractivity contribution in [2.45, 2.75) is 6.54 Å². The summed E-state index contributed by atoms with van der Waals surface area (Å²) >= 11 is 0. The zero-order valence-corrected chi connectivity index (χ0v) is 17.9. The Labute approximate surface area is 190 Å². The van der Waals surface area contributed by atoms with Crippen molar-refractivity contribution in [3.05, 3.63) is 102 Å². The van der Waals surface area contributed by atoms with Crippen molar-refractivity contribution in [3.8, 4) is 17.1 Å². The van der Waals surface area contributed by atoms with Crippen molar-refractivity contribution in [1.82, 2.24) is 19.7 Å². The molecule has 8 heteroatoms.